The van der Waals surface area contributed by atoms with Crippen LogP contribution < -0.4 is 0 Å². The lowest BCUT2D eigenvalue weighted by Gasteiger charge is -1.95. The number of carbonyl (C=O) groups is 1. The molecule has 4 nitrogen and oxygen atoms in total. The Bertz CT molecular complexity index is 452. The lowest BCUT2D eigenvalue weighted by atomic mass is 10.2. The van der Waals surface area contributed by atoms with Gasteiger partial charge in [0.2, 0.25) is 5.78 Å². The molecule has 0 fully saturated rings. The van der Waals surface area contributed by atoms with E-state index >= 15 is 0 Å². The summed E-state index contributed by atoms with van der Waals surface area (Å²) in [6.45, 7) is 0. The number of nitrogens with one attached hydrogen (secondary N) is 1. The summed E-state index contributed by atoms with van der Waals surface area (Å²) in [5.41, 5.74) is 0.0272. The van der Waals surface area contributed by atoms with Crippen LogP contribution in [0.15, 0.2) is 30.6 Å². The van der Waals surface area contributed by atoms with E-state index in [2.05, 4.69) is 15.2 Å². The molecule has 0 aliphatic carbocycles. The van der Waals surface area contributed by atoms with Gasteiger partial charge in [-0.1, -0.05) is 6.07 Å². The third kappa shape index (κ3) is 1.39. The number of nitrogens with zero attached hydrogens (tertiary/aromatic N) is 2. The lowest BCUT2D eigenvalue weighted by Crippen LogP contribution is -2.05. The van der Waals surface area contributed by atoms with Gasteiger partial charge in [-0.2, -0.15) is 5.10 Å². The fourth-order valence-corrected chi connectivity index (χ4v) is 1.06. The number of ketones is 1. The first kappa shape index (κ1) is 8.55. The van der Waals surface area contributed by atoms with Crippen LogP contribution in [0.3, 0.4) is 0 Å². The molecule has 2 aromatic heterocycles. The van der Waals surface area contributed by atoms with Crippen LogP contribution >= 0.6 is 0 Å². The summed E-state index contributed by atoms with van der Waals surface area (Å²) in [6, 6.07) is 4.86. The van der Waals surface area contributed by atoms with Crippen LogP contribution in [0.2, 0.25) is 0 Å². The van der Waals surface area contributed by atoms with Gasteiger partial charge in [-0.15, -0.1) is 0 Å². The summed E-state index contributed by atoms with van der Waals surface area (Å²) in [6.07, 6.45) is 2.43. The summed E-state index contributed by atoms with van der Waals surface area (Å²) in [7, 11) is 0. The lowest BCUT2D eigenvalue weighted by molar-refractivity contribution is 0.102. The van der Waals surface area contributed by atoms with E-state index in [-0.39, 0.29) is 11.4 Å². The van der Waals surface area contributed by atoms with Crippen LogP contribution in [-0.2, 0) is 0 Å². The molecule has 0 unspecified atom stereocenters. The SMILES string of the molecule is O=C(c1ccccn1)c1[nH]ncc1F. The van der Waals surface area contributed by atoms with Gasteiger partial charge in [0.05, 0.1) is 6.20 Å². The minimum absolute atomic E-state index is 0.163. The van der Waals surface area contributed by atoms with Gasteiger partial charge in [-0.05, 0) is 12.1 Å². The summed E-state index contributed by atoms with van der Waals surface area (Å²) >= 11 is 0. The summed E-state index contributed by atoms with van der Waals surface area (Å²) < 4.78 is 12.9. The summed E-state index contributed by atoms with van der Waals surface area (Å²) in [5.74, 6) is -1.17. The molecule has 1 N–H and O–H groups in total. The van der Waals surface area contributed by atoms with Crippen LogP contribution in [-0.4, -0.2) is 21.0 Å². The van der Waals surface area contributed by atoms with E-state index < -0.39 is 11.6 Å². The van der Waals surface area contributed by atoms with Crippen LogP contribution in [0.5, 0.6) is 0 Å². The number of H-pyrrole nitrogens is 1. The highest BCUT2D eigenvalue weighted by Crippen LogP contribution is 2.07. The maximum atomic E-state index is 12.9. The normalized spacial score (nSPS) is 10.1. The van der Waals surface area contributed by atoms with Crippen molar-refractivity contribution in [3.63, 3.8) is 0 Å². The molecule has 0 amide bonds. The Hall–Kier alpha value is -2.04. The van der Waals surface area contributed by atoms with Gasteiger partial charge in [-0.25, -0.2) is 4.39 Å². The van der Waals surface area contributed by atoms with Crippen molar-refractivity contribution in [2.24, 2.45) is 0 Å². The zero-order chi connectivity index (χ0) is 9.97. The summed E-state index contributed by atoms with van der Waals surface area (Å²) in [5, 5.41) is 5.71. The molecule has 5 heteroatoms. The van der Waals surface area contributed by atoms with Crippen molar-refractivity contribution in [1.29, 1.82) is 0 Å². The molecule has 0 saturated heterocycles. The number of pyridine rings is 1. The molecule has 0 bridgehead atoms. The maximum absolute atomic E-state index is 12.9. The van der Waals surface area contributed by atoms with Gasteiger partial charge in [0, 0.05) is 6.20 Å². The fourth-order valence-electron chi connectivity index (χ4n) is 1.06. The van der Waals surface area contributed by atoms with Gasteiger partial charge in [-0.3, -0.25) is 14.9 Å². The van der Waals surface area contributed by atoms with Crippen LogP contribution in [0.4, 0.5) is 4.39 Å². The zero-order valence-electron chi connectivity index (χ0n) is 7.07. The van der Waals surface area contributed by atoms with Gasteiger partial charge in [0.1, 0.15) is 11.4 Å². The molecule has 70 valence electrons. The number of carbonyl (C=O) groups excluding carboxylic acids is 1. The molecule has 0 atom stereocenters. The Morgan fingerprint density at radius 2 is 2.29 bits per heavy atom. The predicted octanol–water partition coefficient (Wildman–Crippen LogP) is 1.17. The standard InChI is InChI=1S/C9H6FN3O/c10-6-5-12-13-8(6)9(14)7-3-1-2-4-11-7/h1-5H,(H,12,13). The molecule has 2 rings (SSSR count). The van der Waals surface area contributed by atoms with Crippen molar-refractivity contribution in [1.82, 2.24) is 15.2 Å². The third-order valence-corrected chi connectivity index (χ3v) is 1.72. The Morgan fingerprint density at radius 1 is 1.43 bits per heavy atom. The monoisotopic (exact) mass is 191 g/mol. The Labute approximate surface area is 78.8 Å². The molecule has 0 aliphatic rings. The average Bonchev–Trinajstić information content (AvgIpc) is 2.65. The fraction of sp³-hybridized carbons (Fsp3) is 0. The Morgan fingerprint density at radius 3 is 2.86 bits per heavy atom. The van der Waals surface area contributed by atoms with Crippen molar-refractivity contribution < 1.29 is 9.18 Å². The number of halogens is 1. The number of rotatable bonds is 2. The first-order valence-corrected chi connectivity index (χ1v) is 3.93. The highest BCUT2D eigenvalue weighted by molar-refractivity contribution is 6.06. The maximum Gasteiger partial charge on any atom is 0.232 e. The molecular formula is C9H6FN3O. The van der Waals surface area contributed by atoms with Gasteiger partial charge >= 0.3 is 0 Å². The van der Waals surface area contributed by atoms with E-state index in [4.69, 9.17) is 0 Å². The molecule has 0 radical (unpaired) electrons. The average molecular weight is 191 g/mol. The van der Waals surface area contributed by atoms with E-state index in [1.54, 1.807) is 12.1 Å². The molecule has 2 heterocycles. The van der Waals surface area contributed by atoms with E-state index in [1.807, 2.05) is 0 Å². The first-order valence-electron chi connectivity index (χ1n) is 3.93. The minimum Gasteiger partial charge on any atom is -0.285 e. The van der Waals surface area contributed by atoms with E-state index in [0.717, 1.165) is 6.20 Å². The second-order valence-electron chi connectivity index (χ2n) is 2.64. The van der Waals surface area contributed by atoms with Crippen LogP contribution in [0.25, 0.3) is 0 Å². The topological polar surface area (TPSA) is 58.6 Å². The zero-order valence-corrected chi connectivity index (χ0v) is 7.07. The summed E-state index contributed by atoms with van der Waals surface area (Å²) in [4.78, 5) is 15.4. The number of hydrogen-bond acceptors (Lipinski definition) is 3. The van der Waals surface area contributed by atoms with Gasteiger partial charge in [0.25, 0.3) is 0 Å². The molecule has 14 heavy (non-hydrogen) atoms. The molecular weight excluding hydrogens is 185 g/mol. The molecule has 0 saturated carbocycles. The highest BCUT2D eigenvalue weighted by Gasteiger charge is 2.16. The second kappa shape index (κ2) is 3.37. The number of aromatic nitrogens is 3. The van der Waals surface area contributed by atoms with Gasteiger partial charge in [0.15, 0.2) is 5.82 Å². The molecule has 0 aromatic carbocycles. The predicted molar refractivity (Wildman–Crippen MR) is 46.2 cm³/mol. The van der Waals surface area contributed by atoms with Crippen LogP contribution in [0.1, 0.15) is 16.2 Å². The second-order valence-corrected chi connectivity index (χ2v) is 2.64. The number of aromatic amines is 1. The van der Waals surface area contributed by atoms with E-state index in [1.165, 1.54) is 12.3 Å². The highest BCUT2D eigenvalue weighted by atomic mass is 19.1. The Balaban J connectivity index is 2.39. The van der Waals surface area contributed by atoms with Crippen LogP contribution in [0, 0.1) is 5.82 Å². The van der Waals surface area contributed by atoms with Crippen molar-refractivity contribution in [3.8, 4) is 0 Å². The molecule has 2 aromatic rings. The van der Waals surface area contributed by atoms with Crippen molar-refractivity contribution >= 4 is 5.78 Å². The van der Waals surface area contributed by atoms with Gasteiger partial charge < -0.3 is 0 Å². The van der Waals surface area contributed by atoms with Crippen molar-refractivity contribution in [2.45, 2.75) is 0 Å². The van der Waals surface area contributed by atoms with Crippen molar-refractivity contribution in [2.75, 3.05) is 0 Å². The number of hydrogen-bond donors (Lipinski definition) is 1. The molecule has 0 spiro atoms. The third-order valence-electron chi connectivity index (χ3n) is 1.72. The molecule has 0 aliphatic heterocycles. The Kier molecular flexibility index (Phi) is 2.06. The quantitative estimate of drug-likeness (QED) is 0.725. The van der Waals surface area contributed by atoms with Crippen molar-refractivity contribution in [3.05, 3.63) is 47.8 Å². The minimum atomic E-state index is -0.666. The smallest absolute Gasteiger partial charge is 0.232 e. The van der Waals surface area contributed by atoms with E-state index in [9.17, 15) is 9.18 Å². The van der Waals surface area contributed by atoms with E-state index in [0.29, 0.717) is 0 Å². The first-order chi connectivity index (χ1) is 6.79. The largest absolute Gasteiger partial charge is 0.285 e.